The van der Waals surface area contributed by atoms with Gasteiger partial charge in [-0.05, 0) is 30.7 Å². The van der Waals surface area contributed by atoms with Gasteiger partial charge in [0.05, 0.1) is 22.0 Å². The van der Waals surface area contributed by atoms with E-state index in [-0.39, 0.29) is 11.5 Å². The van der Waals surface area contributed by atoms with E-state index in [1.54, 1.807) is 28.5 Å². The number of carbonyl (C=O) groups is 1. The molecule has 1 aromatic carbocycles. The fourth-order valence-electron chi connectivity index (χ4n) is 2.21. The molecule has 3 rings (SSSR count). The van der Waals surface area contributed by atoms with Crippen molar-refractivity contribution in [2.24, 2.45) is 0 Å². The van der Waals surface area contributed by atoms with Crippen LogP contribution in [0.15, 0.2) is 53.6 Å². The number of anilines is 1. The van der Waals surface area contributed by atoms with Gasteiger partial charge in [-0.2, -0.15) is 0 Å². The third-order valence-corrected chi connectivity index (χ3v) is 4.38. The Labute approximate surface area is 131 Å². The van der Waals surface area contributed by atoms with Gasteiger partial charge in [-0.1, -0.05) is 23.7 Å². The minimum Gasteiger partial charge on any atom is -0.325 e. The minimum atomic E-state index is -0.0674. The van der Waals surface area contributed by atoms with Crippen LogP contribution in [0.5, 0.6) is 0 Å². The summed E-state index contributed by atoms with van der Waals surface area (Å²) in [4.78, 5) is 27.9. The number of aryl methyl sites for hydroxylation is 1. The third kappa shape index (κ3) is 3.23. The van der Waals surface area contributed by atoms with Gasteiger partial charge in [-0.25, -0.2) is 0 Å². The van der Waals surface area contributed by atoms with Crippen LogP contribution in [0.4, 0.5) is 5.69 Å². The van der Waals surface area contributed by atoms with E-state index >= 15 is 0 Å². The number of nitrogens with zero attached hydrogens (tertiary/aromatic N) is 2. The summed E-state index contributed by atoms with van der Waals surface area (Å²) in [6.45, 7) is 0.554. The molecule has 0 unspecified atom stereocenters. The molecule has 1 N–H and O–H groups in total. The molecule has 0 aliphatic carbocycles. The Balaban J connectivity index is 1.57. The highest BCUT2D eigenvalue weighted by Gasteiger charge is 2.08. The monoisotopic (exact) mass is 313 g/mol. The average Bonchev–Trinajstić information content (AvgIpc) is 2.85. The first-order valence-electron chi connectivity index (χ1n) is 7.03. The Bertz CT molecular complexity index is 839. The maximum atomic E-state index is 12.2. The lowest BCUT2D eigenvalue weighted by atomic mass is 10.2. The number of hydrogen-bond acceptors (Lipinski definition) is 4. The number of aromatic nitrogens is 2. The van der Waals surface area contributed by atoms with Gasteiger partial charge in [0.15, 0.2) is 0 Å². The molecule has 0 fully saturated rings. The van der Waals surface area contributed by atoms with Crippen molar-refractivity contribution in [1.82, 2.24) is 8.94 Å². The second-order valence-electron chi connectivity index (χ2n) is 4.89. The summed E-state index contributed by atoms with van der Waals surface area (Å²) in [6.07, 6.45) is 4.26. The summed E-state index contributed by atoms with van der Waals surface area (Å²) in [6, 6.07) is 11.1. The normalized spacial score (nSPS) is 10.7. The standard InChI is InChI=1S/C16H15N3O2S/c20-15(18-12-5-3-9-17-11-12)8-4-10-19-16(21)13-6-1-2-7-14(13)22-19/h1-3,5-7,9,11H,4,8,10H2,(H,18,20). The summed E-state index contributed by atoms with van der Waals surface area (Å²) in [7, 11) is 0. The summed E-state index contributed by atoms with van der Waals surface area (Å²) in [5.74, 6) is -0.0674. The molecule has 5 nitrogen and oxygen atoms in total. The lowest BCUT2D eigenvalue weighted by molar-refractivity contribution is -0.116. The van der Waals surface area contributed by atoms with Crippen molar-refractivity contribution < 1.29 is 4.79 Å². The first-order valence-corrected chi connectivity index (χ1v) is 7.80. The molecule has 0 atom stereocenters. The van der Waals surface area contributed by atoms with Crippen molar-refractivity contribution in [2.75, 3.05) is 5.32 Å². The van der Waals surface area contributed by atoms with Crippen LogP contribution in [-0.4, -0.2) is 14.8 Å². The van der Waals surface area contributed by atoms with Gasteiger partial charge >= 0.3 is 0 Å². The van der Waals surface area contributed by atoms with E-state index in [1.165, 1.54) is 11.5 Å². The number of amides is 1. The predicted octanol–water partition coefficient (Wildman–Crippen LogP) is 2.88. The van der Waals surface area contributed by atoms with Gasteiger partial charge in [0, 0.05) is 19.2 Å². The van der Waals surface area contributed by atoms with E-state index < -0.39 is 0 Å². The number of benzene rings is 1. The first-order chi connectivity index (χ1) is 10.7. The van der Waals surface area contributed by atoms with Gasteiger partial charge < -0.3 is 5.32 Å². The van der Waals surface area contributed by atoms with Crippen LogP contribution in [0, 0.1) is 0 Å². The molecule has 0 aliphatic heterocycles. The maximum Gasteiger partial charge on any atom is 0.268 e. The number of carbonyl (C=O) groups excluding carboxylic acids is 1. The lowest BCUT2D eigenvalue weighted by Gasteiger charge is -2.04. The smallest absolute Gasteiger partial charge is 0.268 e. The van der Waals surface area contributed by atoms with E-state index in [0.29, 0.717) is 25.1 Å². The second kappa shape index (κ2) is 6.53. The molecule has 22 heavy (non-hydrogen) atoms. The second-order valence-corrected chi connectivity index (χ2v) is 5.95. The highest BCUT2D eigenvalue weighted by molar-refractivity contribution is 7.13. The summed E-state index contributed by atoms with van der Waals surface area (Å²) in [5.41, 5.74) is 0.708. The Morgan fingerprint density at radius 3 is 2.86 bits per heavy atom. The molecule has 0 spiro atoms. The SMILES string of the molecule is O=C(CCCn1sc2ccccc2c1=O)Nc1cccnc1. The van der Waals surface area contributed by atoms with Crippen LogP contribution < -0.4 is 10.9 Å². The third-order valence-electron chi connectivity index (χ3n) is 3.26. The zero-order valence-corrected chi connectivity index (χ0v) is 12.7. The molecular formula is C16H15N3O2S. The van der Waals surface area contributed by atoms with Crippen LogP contribution in [0.1, 0.15) is 12.8 Å². The number of fused-ring (bicyclic) bond motifs is 1. The molecule has 6 heteroatoms. The van der Waals surface area contributed by atoms with E-state index in [4.69, 9.17) is 0 Å². The first kappa shape index (κ1) is 14.5. The predicted molar refractivity (Wildman–Crippen MR) is 88.2 cm³/mol. The highest BCUT2D eigenvalue weighted by atomic mass is 32.1. The van der Waals surface area contributed by atoms with E-state index in [2.05, 4.69) is 10.3 Å². The molecule has 112 valence electrons. The Hall–Kier alpha value is -2.47. The number of hydrogen-bond donors (Lipinski definition) is 1. The van der Waals surface area contributed by atoms with Crippen molar-refractivity contribution in [1.29, 1.82) is 0 Å². The molecule has 0 saturated heterocycles. The molecule has 2 aromatic heterocycles. The fraction of sp³-hybridized carbons (Fsp3) is 0.188. The summed E-state index contributed by atoms with van der Waals surface area (Å²) >= 11 is 1.44. The Morgan fingerprint density at radius 2 is 2.09 bits per heavy atom. The van der Waals surface area contributed by atoms with Gasteiger partial charge in [-0.15, -0.1) is 0 Å². The molecule has 0 bridgehead atoms. The maximum absolute atomic E-state index is 12.2. The minimum absolute atomic E-state index is 0.0215. The van der Waals surface area contributed by atoms with Crippen molar-refractivity contribution in [3.05, 3.63) is 59.1 Å². The van der Waals surface area contributed by atoms with Crippen LogP contribution >= 0.6 is 11.5 Å². The Morgan fingerprint density at radius 1 is 1.23 bits per heavy atom. The molecule has 2 heterocycles. The number of nitrogens with one attached hydrogen (secondary N) is 1. The van der Waals surface area contributed by atoms with Crippen molar-refractivity contribution in [2.45, 2.75) is 19.4 Å². The van der Waals surface area contributed by atoms with E-state index in [9.17, 15) is 9.59 Å². The quantitative estimate of drug-likeness (QED) is 0.788. The topological polar surface area (TPSA) is 64.0 Å². The molecule has 1 amide bonds. The summed E-state index contributed by atoms with van der Waals surface area (Å²) < 4.78 is 2.69. The fourth-order valence-corrected chi connectivity index (χ4v) is 3.24. The van der Waals surface area contributed by atoms with Crippen molar-refractivity contribution in [3.8, 4) is 0 Å². The lowest BCUT2D eigenvalue weighted by Crippen LogP contribution is -2.16. The van der Waals surface area contributed by atoms with Gasteiger partial charge in [0.2, 0.25) is 5.91 Å². The molecule has 0 aliphatic rings. The van der Waals surface area contributed by atoms with Crippen LogP contribution in [-0.2, 0) is 11.3 Å². The number of rotatable bonds is 5. The van der Waals surface area contributed by atoms with Crippen molar-refractivity contribution in [3.63, 3.8) is 0 Å². The van der Waals surface area contributed by atoms with Crippen LogP contribution in [0.2, 0.25) is 0 Å². The zero-order valence-electron chi connectivity index (χ0n) is 11.9. The molecule has 0 saturated carbocycles. The average molecular weight is 313 g/mol. The van der Waals surface area contributed by atoms with Gasteiger partial charge in [-0.3, -0.25) is 18.5 Å². The molecule has 0 radical (unpaired) electrons. The van der Waals surface area contributed by atoms with Crippen LogP contribution in [0.3, 0.4) is 0 Å². The highest BCUT2D eigenvalue weighted by Crippen LogP contribution is 2.16. The van der Waals surface area contributed by atoms with Gasteiger partial charge in [0.25, 0.3) is 5.56 Å². The van der Waals surface area contributed by atoms with Gasteiger partial charge in [0.1, 0.15) is 0 Å². The van der Waals surface area contributed by atoms with E-state index in [0.717, 1.165) is 10.1 Å². The number of pyridine rings is 1. The zero-order chi connectivity index (χ0) is 15.4. The van der Waals surface area contributed by atoms with E-state index in [1.807, 2.05) is 24.3 Å². The molecular weight excluding hydrogens is 298 g/mol. The van der Waals surface area contributed by atoms with Crippen LogP contribution in [0.25, 0.3) is 10.1 Å². The Kier molecular flexibility index (Phi) is 4.29. The summed E-state index contributed by atoms with van der Waals surface area (Å²) in [5, 5.41) is 3.53. The largest absolute Gasteiger partial charge is 0.325 e. The van der Waals surface area contributed by atoms with Crippen molar-refractivity contribution >= 4 is 33.2 Å². The molecule has 3 aromatic rings.